The third kappa shape index (κ3) is 3.67. The summed E-state index contributed by atoms with van der Waals surface area (Å²) in [5.41, 5.74) is 0.842. The van der Waals surface area contributed by atoms with Gasteiger partial charge in [-0.1, -0.05) is 18.2 Å². The molecule has 4 rings (SSSR count). The first-order valence-corrected chi connectivity index (χ1v) is 9.43. The van der Waals surface area contributed by atoms with E-state index in [0.29, 0.717) is 42.3 Å². The van der Waals surface area contributed by atoms with Gasteiger partial charge in [-0.2, -0.15) is 0 Å². The van der Waals surface area contributed by atoms with Crippen molar-refractivity contribution in [2.45, 2.75) is 31.6 Å². The standard InChI is InChI=1S/C22H22FN3O2/c1-22(9-4-12-26(15-22)20(27)16-7-10-24-11-8-16)21-25-14-18(28-21)13-17-5-2-3-6-19(17)23/h2-3,5-8,10-11,14H,4,9,12-13,15H2,1H3. The molecule has 1 unspecified atom stereocenters. The fraction of sp³-hybridized carbons (Fsp3) is 0.318. The molecule has 1 aromatic carbocycles. The first-order valence-electron chi connectivity index (χ1n) is 9.43. The van der Waals surface area contributed by atoms with E-state index in [0.717, 1.165) is 12.8 Å². The van der Waals surface area contributed by atoms with Crippen LogP contribution in [0.15, 0.2) is 59.4 Å². The van der Waals surface area contributed by atoms with E-state index in [-0.39, 0.29) is 17.1 Å². The lowest BCUT2D eigenvalue weighted by atomic mass is 9.81. The van der Waals surface area contributed by atoms with Crippen molar-refractivity contribution in [2.75, 3.05) is 13.1 Å². The number of hydrogen-bond acceptors (Lipinski definition) is 4. The highest BCUT2D eigenvalue weighted by Gasteiger charge is 2.38. The zero-order chi connectivity index (χ0) is 19.6. The number of amides is 1. The quantitative estimate of drug-likeness (QED) is 0.688. The number of likely N-dealkylation sites (tertiary alicyclic amines) is 1. The van der Waals surface area contributed by atoms with Crippen molar-refractivity contribution in [1.29, 1.82) is 0 Å². The number of hydrogen-bond donors (Lipinski definition) is 0. The number of piperidine rings is 1. The molecular weight excluding hydrogens is 357 g/mol. The van der Waals surface area contributed by atoms with Gasteiger partial charge in [-0.15, -0.1) is 0 Å². The van der Waals surface area contributed by atoms with E-state index < -0.39 is 0 Å². The number of pyridine rings is 1. The van der Waals surface area contributed by atoms with Crippen LogP contribution in [0.5, 0.6) is 0 Å². The van der Waals surface area contributed by atoms with Crippen LogP contribution in [0.1, 0.15) is 47.3 Å². The molecule has 0 N–H and O–H groups in total. The Hall–Kier alpha value is -3.02. The van der Waals surface area contributed by atoms with Crippen LogP contribution in [0.4, 0.5) is 4.39 Å². The molecule has 1 saturated heterocycles. The third-order valence-corrected chi connectivity index (χ3v) is 5.30. The number of carbonyl (C=O) groups is 1. The second kappa shape index (κ2) is 7.54. The summed E-state index contributed by atoms with van der Waals surface area (Å²) >= 11 is 0. The van der Waals surface area contributed by atoms with Crippen molar-refractivity contribution in [3.63, 3.8) is 0 Å². The molecule has 0 spiro atoms. The van der Waals surface area contributed by atoms with Crippen molar-refractivity contribution >= 4 is 5.91 Å². The SMILES string of the molecule is CC1(c2ncc(Cc3ccccc3F)o2)CCCN(C(=O)c2ccncc2)C1. The van der Waals surface area contributed by atoms with Crippen LogP contribution in [0, 0.1) is 5.82 Å². The van der Waals surface area contributed by atoms with Gasteiger partial charge >= 0.3 is 0 Å². The Morgan fingerprint density at radius 2 is 2.04 bits per heavy atom. The largest absolute Gasteiger partial charge is 0.445 e. The summed E-state index contributed by atoms with van der Waals surface area (Å²) in [6.45, 7) is 3.31. The van der Waals surface area contributed by atoms with Gasteiger partial charge in [0.15, 0.2) is 0 Å². The molecule has 5 nitrogen and oxygen atoms in total. The van der Waals surface area contributed by atoms with E-state index in [1.807, 2.05) is 4.90 Å². The first-order chi connectivity index (χ1) is 13.5. The molecule has 2 aromatic heterocycles. The first kappa shape index (κ1) is 18.3. The second-order valence-corrected chi connectivity index (χ2v) is 7.53. The molecule has 1 amide bonds. The Balaban J connectivity index is 1.51. The average molecular weight is 379 g/mol. The van der Waals surface area contributed by atoms with E-state index >= 15 is 0 Å². The van der Waals surface area contributed by atoms with Crippen molar-refractivity contribution in [1.82, 2.24) is 14.9 Å². The molecule has 144 valence electrons. The van der Waals surface area contributed by atoms with Crippen LogP contribution in [0.2, 0.25) is 0 Å². The monoisotopic (exact) mass is 379 g/mol. The van der Waals surface area contributed by atoms with Gasteiger partial charge in [0.05, 0.1) is 11.6 Å². The topological polar surface area (TPSA) is 59.2 Å². The maximum Gasteiger partial charge on any atom is 0.253 e. The summed E-state index contributed by atoms with van der Waals surface area (Å²) in [6.07, 6.45) is 7.02. The Morgan fingerprint density at radius 1 is 1.25 bits per heavy atom. The van der Waals surface area contributed by atoms with Gasteiger partial charge in [-0.3, -0.25) is 9.78 Å². The predicted octanol–water partition coefficient (Wildman–Crippen LogP) is 3.99. The van der Waals surface area contributed by atoms with Gasteiger partial charge < -0.3 is 9.32 Å². The molecule has 3 aromatic rings. The molecule has 6 heteroatoms. The summed E-state index contributed by atoms with van der Waals surface area (Å²) < 4.78 is 19.9. The van der Waals surface area contributed by atoms with Crippen molar-refractivity contribution in [2.24, 2.45) is 0 Å². The number of rotatable bonds is 4. The lowest BCUT2D eigenvalue weighted by Gasteiger charge is -2.38. The van der Waals surface area contributed by atoms with Gasteiger partial charge in [0, 0.05) is 37.5 Å². The molecule has 1 aliphatic rings. The Bertz CT molecular complexity index is 973. The lowest BCUT2D eigenvalue weighted by Crippen LogP contribution is -2.47. The molecule has 0 radical (unpaired) electrons. The summed E-state index contributed by atoms with van der Waals surface area (Å²) in [5.74, 6) is 0.967. The van der Waals surface area contributed by atoms with E-state index in [2.05, 4.69) is 16.9 Å². The van der Waals surface area contributed by atoms with Crippen LogP contribution in [0.3, 0.4) is 0 Å². The smallest absolute Gasteiger partial charge is 0.253 e. The van der Waals surface area contributed by atoms with E-state index in [9.17, 15) is 9.18 Å². The van der Waals surface area contributed by atoms with E-state index in [1.165, 1.54) is 6.07 Å². The number of carbonyl (C=O) groups excluding carboxylic acids is 1. The summed E-state index contributed by atoms with van der Waals surface area (Å²) in [6, 6.07) is 10.1. The minimum absolute atomic E-state index is 0.00791. The van der Waals surface area contributed by atoms with Crippen LogP contribution >= 0.6 is 0 Å². The Kier molecular flexibility index (Phi) is 4.94. The minimum Gasteiger partial charge on any atom is -0.445 e. The Labute approximate surface area is 163 Å². The molecule has 0 aliphatic carbocycles. The van der Waals surface area contributed by atoms with Gasteiger partial charge in [-0.05, 0) is 43.5 Å². The highest BCUT2D eigenvalue weighted by Crippen LogP contribution is 2.34. The molecule has 1 aliphatic heterocycles. The fourth-order valence-electron chi connectivity index (χ4n) is 3.76. The molecule has 3 heterocycles. The fourth-order valence-corrected chi connectivity index (χ4v) is 3.76. The maximum atomic E-state index is 13.9. The van der Waals surface area contributed by atoms with Crippen molar-refractivity contribution < 1.29 is 13.6 Å². The zero-order valence-corrected chi connectivity index (χ0v) is 15.8. The summed E-state index contributed by atoms with van der Waals surface area (Å²) in [4.78, 5) is 23.1. The molecule has 0 bridgehead atoms. The normalized spacial score (nSPS) is 19.6. The van der Waals surface area contributed by atoms with Gasteiger partial charge in [0.2, 0.25) is 5.89 Å². The van der Waals surface area contributed by atoms with Gasteiger partial charge in [-0.25, -0.2) is 9.37 Å². The highest BCUT2D eigenvalue weighted by atomic mass is 19.1. The summed E-state index contributed by atoms with van der Waals surface area (Å²) in [5, 5.41) is 0. The highest BCUT2D eigenvalue weighted by molar-refractivity contribution is 5.94. The second-order valence-electron chi connectivity index (χ2n) is 7.53. The minimum atomic E-state index is -0.367. The average Bonchev–Trinajstić information content (AvgIpc) is 3.19. The summed E-state index contributed by atoms with van der Waals surface area (Å²) in [7, 11) is 0. The lowest BCUT2D eigenvalue weighted by molar-refractivity contribution is 0.0626. The van der Waals surface area contributed by atoms with Crippen LogP contribution < -0.4 is 0 Å². The third-order valence-electron chi connectivity index (χ3n) is 5.30. The number of halogens is 1. The molecule has 28 heavy (non-hydrogen) atoms. The van der Waals surface area contributed by atoms with Crippen LogP contribution in [0.25, 0.3) is 0 Å². The van der Waals surface area contributed by atoms with Gasteiger partial charge in [0.1, 0.15) is 11.6 Å². The molecule has 0 saturated carbocycles. The van der Waals surface area contributed by atoms with Crippen molar-refractivity contribution in [3.05, 3.63) is 83.6 Å². The van der Waals surface area contributed by atoms with Crippen LogP contribution in [-0.2, 0) is 11.8 Å². The maximum absolute atomic E-state index is 13.9. The predicted molar refractivity (Wildman–Crippen MR) is 102 cm³/mol. The number of aromatic nitrogens is 2. The number of oxazole rings is 1. The van der Waals surface area contributed by atoms with Crippen LogP contribution in [-0.4, -0.2) is 33.9 Å². The Morgan fingerprint density at radius 3 is 2.82 bits per heavy atom. The molecule has 1 fully saturated rings. The molecular formula is C22H22FN3O2. The molecule has 1 atom stereocenters. The van der Waals surface area contributed by atoms with Gasteiger partial charge in [0.25, 0.3) is 5.91 Å². The van der Waals surface area contributed by atoms with E-state index in [1.54, 1.807) is 48.9 Å². The number of benzene rings is 1. The zero-order valence-electron chi connectivity index (χ0n) is 15.8. The van der Waals surface area contributed by atoms with E-state index in [4.69, 9.17) is 4.42 Å². The number of nitrogens with zero attached hydrogens (tertiary/aromatic N) is 3. The van der Waals surface area contributed by atoms with Crippen molar-refractivity contribution in [3.8, 4) is 0 Å².